The van der Waals surface area contributed by atoms with Crippen LogP contribution in [-0.4, -0.2) is 31.9 Å². The highest BCUT2D eigenvalue weighted by atomic mass is 16.7. The zero-order valence-corrected chi connectivity index (χ0v) is 19.1. The predicted molar refractivity (Wildman–Crippen MR) is 129 cm³/mol. The van der Waals surface area contributed by atoms with Gasteiger partial charge in [0.2, 0.25) is 12.7 Å². The molecule has 1 aliphatic heterocycles. The van der Waals surface area contributed by atoms with E-state index in [1.165, 1.54) is 0 Å². The molecule has 2 heterocycles. The van der Waals surface area contributed by atoms with Crippen molar-refractivity contribution in [1.29, 1.82) is 0 Å². The lowest BCUT2D eigenvalue weighted by molar-refractivity contribution is -0.121. The van der Waals surface area contributed by atoms with Gasteiger partial charge in [0.05, 0.1) is 14.2 Å². The first kappa shape index (κ1) is 21.7. The number of methoxy groups -OCH3 is 2. The van der Waals surface area contributed by atoms with Crippen molar-refractivity contribution in [1.82, 2.24) is 10.3 Å². The lowest BCUT2D eigenvalue weighted by Gasteiger charge is -2.18. The van der Waals surface area contributed by atoms with Gasteiger partial charge in [-0.25, -0.2) is 0 Å². The third-order valence-electron chi connectivity index (χ3n) is 6.13. The molecule has 1 aliphatic rings. The molecule has 1 atom stereocenters. The number of hydrogen-bond donors (Lipinski definition) is 2. The molecule has 0 saturated heterocycles. The third-order valence-corrected chi connectivity index (χ3v) is 6.13. The van der Waals surface area contributed by atoms with E-state index in [2.05, 4.69) is 10.3 Å². The standard InChI is InChI=1S/C27H26N2O5/c1-31-19-9-6-17(7-10-19)14-29-26(30)13-20(18-8-11-23-25(12-18)34-16-33-23)21-15-28-22-4-3-5-24(32-2)27(21)22/h3-12,15,20,28H,13-14,16H2,1-2H3,(H,29,30)/t20-/m0/s1. The topological polar surface area (TPSA) is 81.8 Å². The van der Waals surface area contributed by atoms with E-state index in [0.29, 0.717) is 18.0 Å². The minimum atomic E-state index is -0.213. The van der Waals surface area contributed by atoms with Gasteiger partial charge < -0.3 is 29.2 Å². The van der Waals surface area contributed by atoms with Gasteiger partial charge in [-0.1, -0.05) is 24.3 Å². The number of ether oxygens (including phenoxy) is 4. The van der Waals surface area contributed by atoms with Crippen LogP contribution in [-0.2, 0) is 11.3 Å². The summed E-state index contributed by atoms with van der Waals surface area (Å²) in [6.45, 7) is 0.639. The molecule has 34 heavy (non-hydrogen) atoms. The van der Waals surface area contributed by atoms with E-state index in [1.807, 2.05) is 66.9 Å². The Morgan fingerprint density at radius 1 is 1.03 bits per heavy atom. The second-order valence-corrected chi connectivity index (χ2v) is 8.12. The smallest absolute Gasteiger partial charge is 0.231 e. The Bertz CT molecular complexity index is 1310. The van der Waals surface area contributed by atoms with Gasteiger partial charge in [0.25, 0.3) is 0 Å². The minimum absolute atomic E-state index is 0.0530. The van der Waals surface area contributed by atoms with Crippen LogP contribution >= 0.6 is 0 Å². The highest BCUT2D eigenvalue weighted by molar-refractivity contribution is 5.91. The number of H-pyrrole nitrogens is 1. The maximum absolute atomic E-state index is 13.1. The van der Waals surface area contributed by atoms with Crippen LogP contribution in [0.25, 0.3) is 10.9 Å². The number of carbonyl (C=O) groups excluding carboxylic acids is 1. The molecule has 7 nitrogen and oxygen atoms in total. The Morgan fingerprint density at radius 2 is 1.85 bits per heavy atom. The molecule has 0 aliphatic carbocycles. The quantitative estimate of drug-likeness (QED) is 0.398. The van der Waals surface area contributed by atoms with Crippen LogP contribution in [0.3, 0.4) is 0 Å². The molecule has 7 heteroatoms. The fourth-order valence-corrected chi connectivity index (χ4v) is 4.36. The summed E-state index contributed by atoms with van der Waals surface area (Å²) >= 11 is 0. The molecule has 0 spiro atoms. The zero-order chi connectivity index (χ0) is 23.5. The van der Waals surface area contributed by atoms with Gasteiger partial charge in [-0.2, -0.15) is 0 Å². The fraction of sp³-hybridized carbons (Fsp3) is 0.222. The van der Waals surface area contributed by atoms with Crippen molar-refractivity contribution in [2.24, 2.45) is 0 Å². The molecule has 0 radical (unpaired) electrons. The van der Waals surface area contributed by atoms with E-state index in [9.17, 15) is 4.79 Å². The average Bonchev–Trinajstić information content (AvgIpc) is 3.53. The van der Waals surface area contributed by atoms with Crippen LogP contribution in [0.1, 0.15) is 29.0 Å². The lowest BCUT2D eigenvalue weighted by Crippen LogP contribution is -2.25. The summed E-state index contributed by atoms with van der Waals surface area (Å²) in [5, 5.41) is 4.02. The lowest BCUT2D eigenvalue weighted by atomic mass is 9.87. The van der Waals surface area contributed by atoms with Gasteiger partial charge in [0.15, 0.2) is 11.5 Å². The molecule has 0 fully saturated rings. The molecule has 0 bridgehead atoms. The number of aromatic amines is 1. The third kappa shape index (κ3) is 4.24. The molecule has 4 aromatic rings. The second kappa shape index (κ2) is 9.39. The van der Waals surface area contributed by atoms with Crippen LogP contribution in [0.15, 0.2) is 66.9 Å². The van der Waals surface area contributed by atoms with E-state index < -0.39 is 0 Å². The first-order chi connectivity index (χ1) is 16.7. The SMILES string of the molecule is COc1ccc(CNC(=O)C[C@@H](c2ccc3c(c2)OCO3)c2c[nH]c3cccc(OC)c23)cc1. The highest BCUT2D eigenvalue weighted by Gasteiger charge is 2.25. The average molecular weight is 459 g/mol. The largest absolute Gasteiger partial charge is 0.497 e. The number of rotatable bonds is 8. The van der Waals surface area contributed by atoms with Gasteiger partial charge in [-0.05, 0) is 53.1 Å². The van der Waals surface area contributed by atoms with Gasteiger partial charge in [-0.15, -0.1) is 0 Å². The molecule has 1 amide bonds. The maximum atomic E-state index is 13.1. The van der Waals surface area contributed by atoms with Crippen molar-refractivity contribution in [3.8, 4) is 23.0 Å². The predicted octanol–water partition coefficient (Wildman–Crippen LogP) is 4.75. The fourth-order valence-electron chi connectivity index (χ4n) is 4.36. The zero-order valence-electron chi connectivity index (χ0n) is 19.1. The molecule has 3 aromatic carbocycles. The minimum Gasteiger partial charge on any atom is -0.497 e. The van der Waals surface area contributed by atoms with Gasteiger partial charge in [0, 0.05) is 36.0 Å². The number of benzene rings is 3. The molecular formula is C27H26N2O5. The summed E-state index contributed by atoms with van der Waals surface area (Å²) in [6.07, 6.45) is 2.22. The summed E-state index contributed by atoms with van der Waals surface area (Å²) < 4.78 is 21.9. The molecule has 2 N–H and O–H groups in total. The summed E-state index contributed by atoms with van der Waals surface area (Å²) in [6, 6.07) is 19.4. The molecular weight excluding hydrogens is 432 g/mol. The molecule has 174 valence electrons. The van der Waals surface area contributed by atoms with E-state index in [0.717, 1.165) is 39.1 Å². The van der Waals surface area contributed by atoms with Crippen molar-refractivity contribution in [3.63, 3.8) is 0 Å². The molecule has 5 rings (SSSR count). The monoisotopic (exact) mass is 458 g/mol. The van der Waals surface area contributed by atoms with Crippen LogP contribution in [0.2, 0.25) is 0 Å². The van der Waals surface area contributed by atoms with Crippen LogP contribution in [0, 0.1) is 0 Å². The number of hydrogen-bond acceptors (Lipinski definition) is 5. The van der Waals surface area contributed by atoms with E-state index >= 15 is 0 Å². The number of nitrogens with one attached hydrogen (secondary N) is 2. The summed E-state index contributed by atoms with van der Waals surface area (Å²) in [4.78, 5) is 16.4. The van der Waals surface area contributed by atoms with Crippen molar-refractivity contribution < 1.29 is 23.7 Å². The second-order valence-electron chi connectivity index (χ2n) is 8.12. The number of amides is 1. The summed E-state index contributed by atoms with van der Waals surface area (Å²) in [5.41, 5.74) is 3.92. The van der Waals surface area contributed by atoms with E-state index in [-0.39, 0.29) is 25.0 Å². The Labute approximate surface area is 197 Å². The van der Waals surface area contributed by atoms with Crippen molar-refractivity contribution in [2.45, 2.75) is 18.9 Å². The summed E-state index contributed by atoms with van der Waals surface area (Å²) in [5.74, 6) is 2.68. The molecule has 0 saturated carbocycles. The normalized spacial score (nSPS) is 13.0. The highest BCUT2D eigenvalue weighted by Crippen LogP contribution is 2.41. The van der Waals surface area contributed by atoms with Crippen LogP contribution in [0.5, 0.6) is 23.0 Å². The summed E-state index contributed by atoms with van der Waals surface area (Å²) in [7, 11) is 3.29. The molecule has 0 unspecified atom stereocenters. The number of fused-ring (bicyclic) bond motifs is 2. The Hall–Kier alpha value is -4.13. The van der Waals surface area contributed by atoms with E-state index in [1.54, 1.807) is 14.2 Å². The Balaban J connectivity index is 1.44. The first-order valence-corrected chi connectivity index (χ1v) is 11.1. The van der Waals surface area contributed by atoms with Gasteiger partial charge in [0.1, 0.15) is 11.5 Å². The van der Waals surface area contributed by atoms with Crippen molar-refractivity contribution in [3.05, 3.63) is 83.6 Å². The van der Waals surface area contributed by atoms with Gasteiger partial charge >= 0.3 is 0 Å². The Kier molecular flexibility index (Phi) is 5.99. The van der Waals surface area contributed by atoms with Crippen molar-refractivity contribution in [2.75, 3.05) is 21.0 Å². The van der Waals surface area contributed by atoms with E-state index in [4.69, 9.17) is 18.9 Å². The maximum Gasteiger partial charge on any atom is 0.231 e. The molecule has 1 aromatic heterocycles. The number of carbonyl (C=O) groups is 1. The first-order valence-electron chi connectivity index (χ1n) is 11.1. The van der Waals surface area contributed by atoms with Gasteiger partial charge in [-0.3, -0.25) is 4.79 Å². The van der Waals surface area contributed by atoms with Crippen LogP contribution in [0.4, 0.5) is 0 Å². The van der Waals surface area contributed by atoms with Crippen molar-refractivity contribution >= 4 is 16.8 Å². The number of aromatic nitrogens is 1. The Morgan fingerprint density at radius 3 is 2.65 bits per heavy atom. The van der Waals surface area contributed by atoms with Crippen LogP contribution < -0.4 is 24.3 Å².